The highest BCUT2D eigenvalue weighted by atomic mass is 16.6. The van der Waals surface area contributed by atoms with E-state index in [-0.39, 0.29) is 31.1 Å². The van der Waals surface area contributed by atoms with Crippen LogP contribution in [0.3, 0.4) is 0 Å². The average molecular weight is 1150 g/mol. The van der Waals surface area contributed by atoms with Crippen molar-refractivity contribution in [1.82, 2.24) is 0 Å². The summed E-state index contributed by atoms with van der Waals surface area (Å²) in [6.07, 6.45) is 91.3. The highest BCUT2D eigenvalue weighted by molar-refractivity contribution is 5.71. The van der Waals surface area contributed by atoms with Crippen LogP contribution < -0.4 is 0 Å². The molecule has 0 aromatic rings. The fourth-order valence-electron chi connectivity index (χ4n) is 10.8. The Morgan fingerprint density at radius 1 is 0.256 bits per heavy atom. The molecule has 82 heavy (non-hydrogen) atoms. The highest BCUT2D eigenvalue weighted by Crippen LogP contribution is 2.19. The zero-order valence-electron chi connectivity index (χ0n) is 55.0. The molecule has 0 amide bonds. The number of hydrogen-bond acceptors (Lipinski definition) is 6. The van der Waals surface area contributed by atoms with Crippen LogP contribution in [0.1, 0.15) is 387 Å². The molecule has 0 saturated heterocycles. The molecule has 1 atom stereocenters. The van der Waals surface area contributed by atoms with Gasteiger partial charge < -0.3 is 14.2 Å². The van der Waals surface area contributed by atoms with Crippen LogP contribution in [0.15, 0.2) is 60.8 Å². The maximum Gasteiger partial charge on any atom is 0.306 e. The molecule has 0 spiro atoms. The molecule has 0 N–H and O–H groups in total. The van der Waals surface area contributed by atoms with Gasteiger partial charge in [-0.3, -0.25) is 14.4 Å². The summed E-state index contributed by atoms with van der Waals surface area (Å²) >= 11 is 0. The summed E-state index contributed by atoms with van der Waals surface area (Å²) in [4.78, 5) is 38.4. The Morgan fingerprint density at radius 2 is 0.488 bits per heavy atom. The zero-order chi connectivity index (χ0) is 59.2. The minimum Gasteiger partial charge on any atom is -0.462 e. The molecule has 6 nitrogen and oxygen atoms in total. The molecular weight excluding hydrogens is 1010 g/mol. The number of allylic oxidation sites excluding steroid dienone is 10. The normalized spacial score (nSPS) is 12.4. The van der Waals surface area contributed by atoms with Gasteiger partial charge in [0, 0.05) is 19.3 Å². The van der Waals surface area contributed by atoms with Crippen LogP contribution in [0.4, 0.5) is 0 Å². The molecule has 478 valence electrons. The molecule has 0 rings (SSSR count). The fourth-order valence-corrected chi connectivity index (χ4v) is 10.8. The van der Waals surface area contributed by atoms with Gasteiger partial charge in [0.25, 0.3) is 0 Å². The Morgan fingerprint density at radius 3 is 0.793 bits per heavy atom. The summed E-state index contributed by atoms with van der Waals surface area (Å²) in [6, 6.07) is 0. The van der Waals surface area contributed by atoms with Crippen molar-refractivity contribution in [1.29, 1.82) is 0 Å². The van der Waals surface area contributed by atoms with E-state index >= 15 is 0 Å². The quantitative estimate of drug-likeness (QED) is 0.0261. The summed E-state index contributed by atoms with van der Waals surface area (Å²) in [5.41, 5.74) is 0. The molecule has 0 bridgehead atoms. The summed E-state index contributed by atoms with van der Waals surface area (Å²) in [5, 5.41) is 0. The van der Waals surface area contributed by atoms with Crippen molar-refractivity contribution in [3.8, 4) is 0 Å². The Bertz CT molecular complexity index is 1460. The number of hydrogen-bond donors (Lipinski definition) is 0. The van der Waals surface area contributed by atoms with Crippen LogP contribution in [0, 0.1) is 0 Å². The molecular formula is C76H138O6. The number of carbonyl (C=O) groups is 3. The molecule has 0 aliphatic rings. The molecule has 0 fully saturated rings. The fraction of sp³-hybridized carbons (Fsp3) is 0.829. The first-order valence-electron chi connectivity index (χ1n) is 36.3. The Labute approximate surface area is 510 Å². The molecule has 0 aliphatic carbocycles. The van der Waals surface area contributed by atoms with Gasteiger partial charge in [0.1, 0.15) is 13.2 Å². The second-order valence-electron chi connectivity index (χ2n) is 24.5. The number of esters is 3. The lowest BCUT2D eigenvalue weighted by Gasteiger charge is -2.18. The molecule has 0 aliphatic heterocycles. The van der Waals surface area contributed by atoms with Gasteiger partial charge in [0.2, 0.25) is 0 Å². The van der Waals surface area contributed by atoms with Crippen molar-refractivity contribution in [2.45, 2.75) is 393 Å². The van der Waals surface area contributed by atoms with E-state index in [9.17, 15) is 14.4 Å². The van der Waals surface area contributed by atoms with Gasteiger partial charge >= 0.3 is 17.9 Å². The van der Waals surface area contributed by atoms with Crippen molar-refractivity contribution >= 4 is 17.9 Å². The van der Waals surface area contributed by atoms with Gasteiger partial charge in [0.05, 0.1) is 0 Å². The smallest absolute Gasteiger partial charge is 0.306 e. The van der Waals surface area contributed by atoms with Gasteiger partial charge in [-0.05, 0) is 77.0 Å². The molecule has 6 heteroatoms. The van der Waals surface area contributed by atoms with E-state index in [0.717, 1.165) is 89.9 Å². The first kappa shape index (κ1) is 79.1. The van der Waals surface area contributed by atoms with E-state index in [0.29, 0.717) is 19.3 Å². The summed E-state index contributed by atoms with van der Waals surface area (Å²) in [6.45, 7) is 6.55. The van der Waals surface area contributed by atoms with Crippen LogP contribution in [0.5, 0.6) is 0 Å². The standard InChI is InChI=1S/C76H138O6/c1-4-7-10-13-16-19-22-24-26-28-30-32-34-36-37-38-40-41-43-45-47-49-51-54-57-60-63-66-69-75(78)81-72-73(71-80-74(77)68-65-62-59-56-53-21-18-15-12-9-6-3)82-76(79)70-67-64-61-58-55-52-50-48-46-44-42-39-35-33-31-29-27-25-23-20-17-14-11-8-5-2/h8,11,15,17-18,20,25,27,31,33,73H,4-7,9-10,12-14,16,19,21-24,26,28-30,32,34-72H2,1-3H3/b11-8-,18-15-,20-17-,27-25-,33-31-. The lowest BCUT2D eigenvalue weighted by molar-refractivity contribution is -0.167. The van der Waals surface area contributed by atoms with E-state index in [2.05, 4.69) is 81.5 Å². The second-order valence-corrected chi connectivity index (χ2v) is 24.5. The lowest BCUT2D eigenvalue weighted by atomic mass is 10.0. The van der Waals surface area contributed by atoms with Gasteiger partial charge in [-0.1, -0.05) is 351 Å². The topological polar surface area (TPSA) is 78.9 Å². The number of carbonyl (C=O) groups excluding carboxylic acids is 3. The second kappa shape index (κ2) is 70.6. The van der Waals surface area contributed by atoms with Crippen molar-refractivity contribution in [2.75, 3.05) is 13.2 Å². The third kappa shape index (κ3) is 67.9. The van der Waals surface area contributed by atoms with Gasteiger partial charge in [-0.15, -0.1) is 0 Å². The van der Waals surface area contributed by atoms with E-state index in [1.54, 1.807) is 0 Å². The molecule has 0 saturated carbocycles. The van der Waals surface area contributed by atoms with Crippen LogP contribution in [0.25, 0.3) is 0 Å². The third-order valence-electron chi connectivity index (χ3n) is 16.3. The highest BCUT2D eigenvalue weighted by Gasteiger charge is 2.19. The number of ether oxygens (including phenoxy) is 3. The monoisotopic (exact) mass is 1150 g/mol. The van der Waals surface area contributed by atoms with Gasteiger partial charge in [-0.25, -0.2) is 0 Å². The minimum atomic E-state index is -0.778. The Kier molecular flexibility index (Phi) is 68.1. The van der Waals surface area contributed by atoms with E-state index in [1.165, 1.54) is 257 Å². The van der Waals surface area contributed by atoms with Crippen LogP contribution in [-0.4, -0.2) is 37.2 Å². The molecule has 0 heterocycles. The molecule has 1 unspecified atom stereocenters. The van der Waals surface area contributed by atoms with Crippen molar-refractivity contribution < 1.29 is 28.6 Å². The average Bonchev–Trinajstić information content (AvgIpc) is 3.48. The summed E-state index contributed by atoms with van der Waals surface area (Å²) in [5.74, 6) is -0.862. The van der Waals surface area contributed by atoms with Crippen LogP contribution in [-0.2, 0) is 28.6 Å². The maximum atomic E-state index is 12.9. The SMILES string of the molecule is CC/C=C\C/C=C\C/C=C\C/C=C\CCCCCCCCCCCCCCC(=O)OC(COC(=O)CCCCCCC/C=C\CCCC)COC(=O)CCCCCCCCCCCCCCCCCCCCCCCCCCCCCC. The van der Waals surface area contributed by atoms with Crippen molar-refractivity contribution in [3.05, 3.63) is 60.8 Å². The van der Waals surface area contributed by atoms with E-state index in [4.69, 9.17) is 14.2 Å². The van der Waals surface area contributed by atoms with Gasteiger partial charge in [-0.2, -0.15) is 0 Å². The van der Waals surface area contributed by atoms with Crippen molar-refractivity contribution in [3.63, 3.8) is 0 Å². The third-order valence-corrected chi connectivity index (χ3v) is 16.3. The molecule has 0 radical (unpaired) electrons. The zero-order valence-corrected chi connectivity index (χ0v) is 55.0. The first-order valence-corrected chi connectivity index (χ1v) is 36.3. The van der Waals surface area contributed by atoms with Crippen LogP contribution >= 0.6 is 0 Å². The Balaban J connectivity index is 4.16. The Hall–Kier alpha value is -2.89. The summed E-state index contributed by atoms with van der Waals surface area (Å²) in [7, 11) is 0. The molecule has 0 aromatic heterocycles. The van der Waals surface area contributed by atoms with E-state index < -0.39 is 6.10 Å². The minimum absolute atomic E-state index is 0.0731. The van der Waals surface area contributed by atoms with Gasteiger partial charge in [0.15, 0.2) is 6.10 Å². The van der Waals surface area contributed by atoms with Crippen LogP contribution in [0.2, 0.25) is 0 Å². The number of rotatable bonds is 67. The maximum absolute atomic E-state index is 12.9. The largest absolute Gasteiger partial charge is 0.462 e. The summed E-state index contributed by atoms with van der Waals surface area (Å²) < 4.78 is 17.0. The predicted molar refractivity (Wildman–Crippen MR) is 358 cm³/mol. The molecule has 0 aromatic carbocycles. The number of unbranched alkanes of at least 4 members (excludes halogenated alkanes) is 46. The lowest BCUT2D eigenvalue weighted by Crippen LogP contribution is -2.30. The van der Waals surface area contributed by atoms with Crippen molar-refractivity contribution in [2.24, 2.45) is 0 Å². The van der Waals surface area contributed by atoms with E-state index in [1.807, 2.05) is 0 Å². The first-order chi connectivity index (χ1) is 40.5. The predicted octanol–water partition coefficient (Wildman–Crippen LogP) is 25.1.